The molecule has 2 N–H and O–H groups in total. The van der Waals surface area contributed by atoms with Gasteiger partial charge >= 0.3 is 6.03 Å². The third-order valence-corrected chi connectivity index (χ3v) is 5.17. The number of benzene rings is 1. The average Bonchev–Trinajstić information content (AvgIpc) is 2.82. The Morgan fingerprint density at radius 1 is 1.35 bits per heavy atom. The summed E-state index contributed by atoms with van der Waals surface area (Å²) in [7, 11) is 0. The average molecular weight is 360 g/mol. The molecule has 9 heteroatoms. The predicted molar refractivity (Wildman–Crippen MR) is 91.0 cm³/mol. The van der Waals surface area contributed by atoms with Gasteiger partial charge in [-0.25, -0.2) is 4.79 Å². The number of nitrogens with one attached hydrogen (secondary N) is 2. The third kappa shape index (κ3) is 3.00. The zero-order valence-electron chi connectivity index (χ0n) is 14.6. The smallest absolute Gasteiger partial charge is 0.322 e. The Labute approximate surface area is 149 Å². The summed E-state index contributed by atoms with van der Waals surface area (Å²) in [6.07, 6.45) is 2.69. The van der Waals surface area contributed by atoms with Gasteiger partial charge < -0.3 is 5.32 Å². The number of nitrogens with zero attached hydrogens (tertiary/aromatic N) is 2. The first-order chi connectivity index (χ1) is 12.2. The first kappa shape index (κ1) is 17.8. The largest absolute Gasteiger partial charge is 0.344 e. The molecule has 3 rings (SSSR count). The summed E-state index contributed by atoms with van der Waals surface area (Å²) >= 11 is 0. The highest BCUT2D eigenvalue weighted by molar-refractivity contribution is 6.09. The van der Waals surface area contributed by atoms with Crippen LogP contribution in [-0.2, 0) is 4.79 Å². The van der Waals surface area contributed by atoms with Crippen LogP contribution >= 0.6 is 0 Å². The highest BCUT2D eigenvalue weighted by Gasteiger charge is 2.52. The van der Waals surface area contributed by atoms with Crippen molar-refractivity contribution < 1.29 is 19.3 Å². The number of urea groups is 1. The maximum absolute atomic E-state index is 12.7. The van der Waals surface area contributed by atoms with Crippen molar-refractivity contribution in [2.45, 2.75) is 45.1 Å². The van der Waals surface area contributed by atoms with Crippen molar-refractivity contribution >= 4 is 23.5 Å². The molecule has 0 bridgehead atoms. The van der Waals surface area contributed by atoms with Gasteiger partial charge in [-0.1, -0.05) is 13.0 Å². The summed E-state index contributed by atoms with van der Waals surface area (Å²) in [4.78, 5) is 47.7. The summed E-state index contributed by atoms with van der Waals surface area (Å²) in [6, 6.07) is 3.30. The van der Waals surface area contributed by atoms with E-state index >= 15 is 0 Å². The highest BCUT2D eigenvalue weighted by atomic mass is 16.6. The lowest BCUT2D eigenvalue weighted by molar-refractivity contribution is -0.385. The number of nitro groups is 1. The molecular weight excluding hydrogens is 340 g/mol. The molecule has 9 nitrogen and oxygen atoms in total. The number of amides is 4. The molecule has 1 spiro atoms. The van der Waals surface area contributed by atoms with Gasteiger partial charge in [-0.15, -0.1) is 0 Å². The molecule has 1 saturated carbocycles. The molecule has 1 aliphatic carbocycles. The van der Waals surface area contributed by atoms with E-state index in [1.54, 1.807) is 6.92 Å². The number of carbonyl (C=O) groups is 3. The summed E-state index contributed by atoms with van der Waals surface area (Å²) in [5.41, 5.74) is 1.52. The van der Waals surface area contributed by atoms with E-state index in [1.807, 2.05) is 0 Å². The Kier molecular flexibility index (Phi) is 4.39. The van der Waals surface area contributed by atoms with Crippen molar-refractivity contribution in [2.75, 3.05) is 0 Å². The van der Waals surface area contributed by atoms with Gasteiger partial charge in [0.25, 0.3) is 17.5 Å². The van der Waals surface area contributed by atoms with Crippen LogP contribution in [0.2, 0.25) is 0 Å². The normalized spacial score (nSPS) is 25.3. The van der Waals surface area contributed by atoms with E-state index in [9.17, 15) is 24.5 Å². The third-order valence-electron chi connectivity index (χ3n) is 5.17. The van der Waals surface area contributed by atoms with E-state index in [-0.39, 0.29) is 11.3 Å². The highest BCUT2D eigenvalue weighted by Crippen LogP contribution is 2.35. The molecule has 1 aromatic carbocycles. The molecule has 1 aromatic rings. The van der Waals surface area contributed by atoms with Crippen molar-refractivity contribution in [1.29, 1.82) is 0 Å². The van der Waals surface area contributed by atoms with Crippen LogP contribution in [0.1, 0.15) is 48.5 Å². The first-order valence-electron chi connectivity index (χ1n) is 8.46. The van der Waals surface area contributed by atoms with Crippen molar-refractivity contribution in [3.05, 3.63) is 39.4 Å². The van der Waals surface area contributed by atoms with Gasteiger partial charge in [-0.3, -0.25) is 25.1 Å². The van der Waals surface area contributed by atoms with Gasteiger partial charge in [0.2, 0.25) is 0 Å². The van der Waals surface area contributed by atoms with Gasteiger partial charge in [0, 0.05) is 17.2 Å². The van der Waals surface area contributed by atoms with Crippen molar-refractivity contribution in [3.63, 3.8) is 0 Å². The summed E-state index contributed by atoms with van der Waals surface area (Å²) in [5.74, 6) is -0.746. The van der Waals surface area contributed by atoms with Crippen LogP contribution < -0.4 is 10.7 Å². The second-order valence-corrected chi connectivity index (χ2v) is 7.03. The van der Waals surface area contributed by atoms with Gasteiger partial charge in [-0.2, -0.15) is 5.01 Å². The minimum absolute atomic E-state index is 0.00103. The lowest BCUT2D eigenvalue weighted by atomic mass is 9.77. The SMILES string of the molecule is Cc1ccc(C(=O)NN2C(=O)NC3(CCC(C)CC3)C2=O)cc1[N+](=O)[O-]. The predicted octanol–water partition coefficient (Wildman–Crippen LogP) is 2.05. The summed E-state index contributed by atoms with van der Waals surface area (Å²) in [6.45, 7) is 3.66. The number of aryl methyl sites for hydroxylation is 1. The Balaban J connectivity index is 1.77. The molecule has 1 aliphatic heterocycles. The summed E-state index contributed by atoms with van der Waals surface area (Å²) < 4.78 is 0. The molecule has 0 aromatic heterocycles. The molecule has 4 amide bonds. The quantitative estimate of drug-likeness (QED) is 0.485. The molecule has 1 heterocycles. The summed E-state index contributed by atoms with van der Waals surface area (Å²) in [5, 5.41) is 14.4. The Bertz CT molecular complexity index is 798. The van der Waals surface area contributed by atoms with E-state index < -0.39 is 28.3 Å². The lowest BCUT2D eigenvalue weighted by Gasteiger charge is -2.33. The molecule has 0 unspecified atom stereocenters. The Morgan fingerprint density at radius 2 is 2.00 bits per heavy atom. The standard InChI is InChI=1S/C17H20N4O5/c1-10-5-7-17(8-6-10)15(23)20(16(24)18-17)19-14(22)12-4-3-11(2)13(9-12)21(25)26/h3-4,9-10H,5-8H2,1-2H3,(H,18,24)(H,19,22). The molecule has 0 radical (unpaired) electrons. The van der Waals surface area contributed by atoms with Gasteiger partial charge in [0.15, 0.2) is 0 Å². The Morgan fingerprint density at radius 3 is 2.62 bits per heavy atom. The maximum atomic E-state index is 12.7. The second kappa shape index (κ2) is 6.40. The number of nitro benzene ring substituents is 1. The minimum atomic E-state index is -0.962. The van der Waals surface area contributed by atoms with Crippen molar-refractivity contribution in [3.8, 4) is 0 Å². The molecule has 26 heavy (non-hydrogen) atoms. The van der Waals surface area contributed by atoms with Gasteiger partial charge in [0.1, 0.15) is 5.54 Å². The van der Waals surface area contributed by atoms with E-state index in [0.717, 1.165) is 18.9 Å². The van der Waals surface area contributed by atoms with Crippen LogP contribution in [-0.4, -0.2) is 33.3 Å². The fourth-order valence-electron chi connectivity index (χ4n) is 3.43. The minimum Gasteiger partial charge on any atom is -0.322 e. The second-order valence-electron chi connectivity index (χ2n) is 7.03. The lowest BCUT2D eigenvalue weighted by Crippen LogP contribution is -2.51. The number of hydrogen-bond donors (Lipinski definition) is 2. The van der Waals surface area contributed by atoms with E-state index in [0.29, 0.717) is 29.3 Å². The molecule has 138 valence electrons. The number of hydrazine groups is 1. The fourth-order valence-corrected chi connectivity index (χ4v) is 3.43. The molecule has 1 saturated heterocycles. The van der Waals surface area contributed by atoms with E-state index in [4.69, 9.17) is 0 Å². The van der Waals surface area contributed by atoms with Crippen LogP contribution in [0.15, 0.2) is 18.2 Å². The number of rotatable bonds is 3. The van der Waals surface area contributed by atoms with Crippen LogP contribution in [0.4, 0.5) is 10.5 Å². The zero-order chi connectivity index (χ0) is 19.1. The number of carbonyl (C=O) groups excluding carboxylic acids is 3. The molecule has 2 aliphatic rings. The van der Waals surface area contributed by atoms with Crippen LogP contribution in [0, 0.1) is 23.0 Å². The van der Waals surface area contributed by atoms with Crippen LogP contribution in [0.25, 0.3) is 0 Å². The van der Waals surface area contributed by atoms with Crippen molar-refractivity contribution in [2.24, 2.45) is 5.92 Å². The number of hydrogen-bond acceptors (Lipinski definition) is 5. The number of imide groups is 1. The van der Waals surface area contributed by atoms with Crippen molar-refractivity contribution in [1.82, 2.24) is 15.8 Å². The van der Waals surface area contributed by atoms with E-state index in [1.165, 1.54) is 12.1 Å². The van der Waals surface area contributed by atoms with Crippen LogP contribution in [0.3, 0.4) is 0 Å². The molecule has 2 fully saturated rings. The molecular formula is C17H20N4O5. The molecule has 0 atom stereocenters. The first-order valence-corrected chi connectivity index (χ1v) is 8.46. The topological polar surface area (TPSA) is 122 Å². The maximum Gasteiger partial charge on any atom is 0.344 e. The fraction of sp³-hybridized carbons (Fsp3) is 0.471. The van der Waals surface area contributed by atoms with Crippen LogP contribution in [0.5, 0.6) is 0 Å². The zero-order valence-corrected chi connectivity index (χ0v) is 14.6. The van der Waals surface area contributed by atoms with Gasteiger partial charge in [-0.05, 0) is 44.6 Å². The van der Waals surface area contributed by atoms with Gasteiger partial charge in [0.05, 0.1) is 4.92 Å². The Hall–Kier alpha value is -2.97. The van der Waals surface area contributed by atoms with E-state index in [2.05, 4.69) is 17.7 Å². The monoisotopic (exact) mass is 360 g/mol.